The first kappa shape index (κ1) is 12.3. The number of carbonyl (C=O) groups is 1. The molecular weight excluding hydrogens is 262 g/mol. The van der Waals surface area contributed by atoms with Crippen molar-refractivity contribution in [2.45, 2.75) is 0 Å². The zero-order valence-electron chi connectivity index (χ0n) is 9.08. The molecule has 0 saturated carbocycles. The second-order valence-corrected chi connectivity index (χ2v) is 3.85. The van der Waals surface area contributed by atoms with Gasteiger partial charge < -0.3 is 4.74 Å². The summed E-state index contributed by atoms with van der Waals surface area (Å²) in [6, 6.07) is 3.99. The Labute approximate surface area is 107 Å². The van der Waals surface area contributed by atoms with Gasteiger partial charge in [0.05, 0.1) is 17.7 Å². The zero-order chi connectivity index (χ0) is 13.1. The molecule has 1 heterocycles. The van der Waals surface area contributed by atoms with Crippen LogP contribution in [0.5, 0.6) is 0 Å². The van der Waals surface area contributed by atoms with Crippen molar-refractivity contribution in [3.63, 3.8) is 0 Å². The number of carbonyl (C=O) groups excluding carboxylic acids is 1. The molecule has 0 spiro atoms. The highest BCUT2D eigenvalue weighted by atomic mass is 35.5. The van der Waals surface area contributed by atoms with Crippen LogP contribution < -0.4 is 0 Å². The number of benzene rings is 1. The van der Waals surface area contributed by atoms with Crippen molar-refractivity contribution in [3.05, 3.63) is 38.9 Å². The summed E-state index contributed by atoms with van der Waals surface area (Å²) >= 11 is 5.87. The number of nitrogens with zero attached hydrogens (tertiary/aromatic N) is 3. The maximum Gasteiger partial charge on any atom is 0.430 e. The Bertz CT molecular complexity index is 532. The van der Waals surface area contributed by atoms with Crippen molar-refractivity contribution in [2.24, 2.45) is 5.10 Å². The van der Waals surface area contributed by atoms with Crippen molar-refractivity contribution < 1.29 is 14.5 Å². The second kappa shape index (κ2) is 5.01. The molecule has 0 N–H and O–H groups in total. The summed E-state index contributed by atoms with van der Waals surface area (Å²) in [4.78, 5) is 21.2. The number of hydrazone groups is 1. The molecule has 1 aliphatic rings. The predicted molar refractivity (Wildman–Crippen MR) is 63.8 cm³/mol. The van der Waals surface area contributed by atoms with E-state index in [1.165, 1.54) is 24.4 Å². The van der Waals surface area contributed by atoms with E-state index in [1.54, 1.807) is 0 Å². The third-order valence-corrected chi connectivity index (χ3v) is 2.61. The molecular formula is C10H8ClN3O4. The van der Waals surface area contributed by atoms with Crippen molar-refractivity contribution in [1.82, 2.24) is 5.01 Å². The summed E-state index contributed by atoms with van der Waals surface area (Å²) in [5.74, 6) is 0. The number of nitro benzene ring substituents is 1. The highest BCUT2D eigenvalue weighted by Crippen LogP contribution is 2.20. The molecule has 0 aromatic heterocycles. The van der Waals surface area contributed by atoms with Crippen LogP contribution in [-0.2, 0) is 4.74 Å². The van der Waals surface area contributed by atoms with Crippen molar-refractivity contribution in [3.8, 4) is 0 Å². The second-order valence-electron chi connectivity index (χ2n) is 3.45. The van der Waals surface area contributed by atoms with Gasteiger partial charge in [-0.3, -0.25) is 10.1 Å². The smallest absolute Gasteiger partial charge is 0.430 e. The lowest BCUT2D eigenvalue weighted by molar-refractivity contribution is -0.384. The Morgan fingerprint density at radius 3 is 2.94 bits per heavy atom. The van der Waals surface area contributed by atoms with Crippen LogP contribution in [0, 0.1) is 10.1 Å². The number of ether oxygens (including phenoxy) is 1. The number of non-ortho nitro benzene ring substituents is 1. The maximum atomic E-state index is 11.1. The van der Waals surface area contributed by atoms with E-state index in [9.17, 15) is 14.9 Å². The Kier molecular flexibility index (Phi) is 3.42. The third kappa shape index (κ3) is 2.57. The van der Waals surface area contributed by atoms with Crippen LogP contribution >= 0.6 is 11.6 Å². The number of hydrogen-bond acceptors (Lipinski definition) is 5. The first-order valence-corrected chi connectivity index (χ1v) is 5.38. The summed E-state index contributed by atoms with van der Waals surface area (Å²) in [5.41, 5.74) is 0.274. The summed E-state index contributed by atoms with van der Waals surface area (Å²) in [6.07, 6.45) is 0.745. The SMILES string of the molecule is O=C1OCCN1/N=C/c1cc([N+](=O)[O-])ccc1Cl. The number of amides is 1. The topological polar surface area (TPSA) is 85.0 Å². The molecule has 0 bridgehead atoms. The highest BCUT2D eigenvalue weighted by Gasteiger charge is 2.20. The molecule has 1 saturated heterocycles. The average molecular weight is 270 g/mol. The van der Waals surface area contributed by atoms with Gasteiger partial charge in [-0.05, 0) is 6.07 Å². The summed E-state index contributed by atoms with van der Waals surface area (Å²) in [7, 11) is 0. The van der Waals surface area contributed by atoms with E-state index in [2.05, 4.69) is 9.84 Å². The molecule has 1 aliphatic heterocycles. The van der Waals surface area contributed by atoms with Crippen LogP contribution in [0.25, 0.3) is 0 Å². The minimum absolute atomic E-state index is 0.0927. The molecule has 18 heavy (non-hydrogen) atoms. The van der Waals surface area contributed by atoms with Crippen LogP contribution in [0.2, 0.25) is 5.02 Å². The van der Waals surface area contributed by atoms with E-state index in [0.717, 1.165) is 5.01 Å². The maximum absolute atomic E-state index is 11.1. The van der Waals surface area contributed by atoms with Crippen LogP contribution in [0.4, 0.5) is 10.5 Å². The molecule has 1 fully saturated rings. The molecule has 7 nitrogen and oxygen atoms in total. The highest BCUT2D eigenvalue weighted by molar-refractivity contribution is 6.33. The number of hydrogen-bond donors (Lipinski definition) is 0. The van der Waals surface area contributed by atoms with Gasteiger partial charge >= 0.3 is 6.09 Å². The third-order valence-electron chi connectivity index (χ3n) is 2.27. The van der Waals surface area contributed by atoms with Gasteiger partial charge in [0, 0.05) is 22.7 Å². The fourth-order valence-corrected chi connectivity index (χ4v) is 1.53. The van der Waals surface area contributed by atoms with Crippen molar-refractivity contribution in [1.29, 1.82) is 0 Å². The van der Waals surface area contributed by atoms with E-state index in [0.29, 0.717) is 17.1 Å². The molecule has 0 unspecified atom stereocenters. The van der Waals surface area contributed by atoms with E-state index in [-0.39, 0.29) is 12.3 Å². The lowest BCUT2D eigenvalue weighted by Crippen LogP contribution is -2.17. The summed E-state index contributed by atoms with van der Waals surface area (Å²) in [6.45, 7) is 0.626. The lowest BCUT2D eigenvalue weighted by atomic mass is 10.2. The molecule has 1 aromatic rings. The Hall–Kier alpha value is -2.15. The first-order chi connectivity index (χ1) is 8.58. The Morgan fingerprint density at radius 2 is 2.33 bits per heavy atom. The average Bonchev–Trinajstić information content (AvgIpc) is 2.73. The Morgan fingerprint density at radius 1 is 1.56 bits per heavy atom. The van der Waals surface area contributed by atoms with Crippen molar-refractivity contribution >= 4 is 29.6 Å². The van der Waals surface area contributed by atoms with Gasteiger partial charge in [0.15, 0.2) is 0 Å². The molecule has 1 amide bonds. The first-order valence-electron chi connectivity index (χ1n) is 5.00. The number of cyclic esters (lactones) is 1. The van der Waals surface area contributed by atoms with E-state index >= 15 is 0 Å². The minimum Gasteiger partial charge on any atom is -0.446 e. The molecule has 8 heteroatoms. The molecule has 1 aromatic carbocycles. The fourth-order valence-electron chi connectivity index (χ4n) is 1.37. The van der Waals surface area contributed by atoms with Crippen molar-refractivity contribution in [2.75, 3.05) is 13.2 Å². The van der Waals surface area contributed by atoms with Gasteiger partial charge in [0.1, 0.15) is 6.61 Å². The lowest BCUT2D eigenvalue weighted by Gasteiger charge is -2.04. The normalized spacial score (nSPS) is 15.2. The molecule has 0 radical (unpaired) electrons. The van der Waals surface area contributed by atoms with Gasteiger partial charge in [0.2, 0.25) is 0 Å². The molecule has 0 aliphatic carbocycles. The number of halogens is 1. The standard InChI is InChI=1S/C10H8ClN3O4/c11-9-2-1-8(14(16)17)5-7(9)6-12-13-3-4-18-10(13)15/h1-2,5-6H,3-4H2/b12-6+. The van der Waals surface area contributed by atoms with E-state index in [4.69, 9.17) is 11.6 Å². The van der Waals surface area contributed by atoms with Gasteiger partial charge in [0.25, 0.3) is 5.69 Å². The van der Waals surface area contributed by atoms with Gasteiger partial charge in [-0.25, -0.2) is 4.79 Å². The fraction of sp³-hybridized carbons (Fsp3) is 0.200. The quantitative estimate of drug-likeness (QED) is 0.477. The van der Waals surface area contributed by atoms with E-state index in [1.807, 2.05) is 0 Å². The molecule has 2 rings (SSSR count). The van der Waals surface area contributed by atoms with Crippen LogP contribution in [0.15, 0.2) is 23.3 Å². The number of nitro groups is 1. The van der Waals surface area contributed by atoms with Gasteiger partial charge in [-0.2, -0.15) is 10.1 Å². The van der Waals surface area contributed by atoms with E-state index < -0.39 is 11.0 Å². The summed E-state index contributed by atoms with van der Waals surface area (Å²) in [5, 5.41) is 15.9. The monoisotopic (exact) mass is 269 g/mol. The zero-order valence-corrected chi connectivity index (χ0v) is 9.83. The number of rotatable bonds is 3. The van der Waals surface area contributed by atoms with Gasteiger partial charge in [-0.15, -0.1) is 0 Å². The molecule has 94 valence electrons. The van der Waals surface area contributed by atoms with Crippen LogP contribution in [0.3, 0.4) is 0 Å². The van der Waals surface area contributed by atoms with Crippen LogP contribution in [0.1, 0.15) is 5.56 Å². The predicted octanol–water partition coefficient (Wildman–Crippen LogP) is 2.03. The van der Waals surface area contributed by atoms with Gasteiger partial charge in [-0.1, -0.05) is 11.6 Å². The van der Waals surface area contributed by atoms with Crippen LogP contribution in [-0.4, -0.2) is 35.4 Å². The molecule has 0 atom stereocenters. The Balaban J connectivity index is 2.22. The minimum atomic E-state index is -0.548. The summed E-state index contributed by atoms with van der Waals surface area (Å²) < 4.78 is 4.68. The largest absolute Gasteiger partial charge is 0.446 e.